The molecule has 1 amide bonds. The van der Waals surface area contributed by atoms with Gasteiger partial charge >= 0.3 is 18.2 Å². The van der Waals surface area contributed by atoms with E-state index in [0.717, 1.165) is 32.3 Å². The van der Waals surface area contributed by atoms with Gasteiger partial charge in [0.15, 0.2) is 0 Å². The molecule has 1 fully saturated rings. The summed E-state index contributed by atoms with van der Waals surface area (Å²) in [6, 6.07) is 14.7. The molecule has 2 aromatic rings. The highest BCUT2D eigenvalue weighted by molar-refractivity contribution is 5.86. The molecule has 7 nitrogen and oxygen atoms in total. The van der Waals surface area contributed by atoms with E-state index in [1.54, 1.807) is 18.2 Å². The zero-order valence-corrected chi connectivity index (χ0v) is 21.0. The maximum atomic E-state index is 13.1. The number of esters is 1. The van der Waals surface area contributed by atoms with Crippen LogP contribution in [0.4, 0.5) is 29.3 Å². The average Bonchev–Trinajstić information content (AvgIpc) is 3.67. The molecule has 0 radical (unpaired) electrons. The zero-order chi connectivity index (χ0) is 26.8. The standard InChI is InChI=1S/C27H31F3N2O5/c1-26(2,27(28,29)30)37-25(34)31-19-11-12-22-21(13-19)32(15-17-7-5-4-6-8-17)16-23(36-22)20(18-9-10-18)14-24(33)35-3/h4-8,11-13,18,20,23H,9-10,14-16H2,1-3H3,(H,31,34)/t20-,23-/m1/s1. The molecule has 1 heterocycles. The zero-order valence-electron chi connectivity index (χ0n) is 21.0. The van der Waals surface area contributed by atoms with Gasteiger partial charge in [-0.05, 0) is 56.4 Å². The summed E-state index contributed by atoms with van der Waals surface area (Å²) in [5.74, 6) is 0.672. The van der Waals surface area contributed by atoms with Crippen molar-refractivity contribution in [3.05, 3.63) is 54.1 Å². The van der Waals surface area contributed by atoms with Crippen LogP contribution in [-0.4, -0.2) is 43.6 Å². The van der Waals surface area contributed by atoms with Crippen LogP contribution in [0.1, 0.15) is 38.7 Å². The van der Waals surface area contributed by atoms with Gasteiger partial charge in [-0.3, -0.25) is 10.1 Å². The predicted molar refractivity (Wildman–Crippen MR) is 131 cm³/mol. The van der Waals surface area contributed by atoms with E-state index in [2.05, 4.69) is 15.0 Å². The third-order valence-corrected chi connectivity index (χ3v) is 6.81. The average molecular weight is 521 g/mol. The van der Waals surface area contributed by atoms with Crippen LogP contribution in [0.3, 0.4) is 0 Å². The number of amides is 1. The van der Waals surface area contributed by atoms with Crippen LogP contribution < -0.4 is 15.0 Å². The smallest absolute Gasteiger partial charge is 0.427 e. The Morgan fingerprint density at radius 3 is 2.46 bits per heavy atom. The van der Waals surface area contributed by atoms with E-state index >= 15 is 0 Å². The van der Waals surface area contributed by atoms with Gasteiger partial charge in [-0.2, -0.15) is 13.2 Å². The van der Waals surface area contributed by atoms with Crippen LogP contribution in [0.5, 0.6) is 5.75 Å². The van der Waals surface area contributed by atoms with Crippen molar-refractivity contribution in [1.82, 2.24) is 0 Å². The third-order valence-electron chi connectivity index (χ3n) is 6.81. The second-order valence-corrected chi connectivity index (χ2v) is 10.0. The molecule has 4 rings (SSSR count). The first-order valence-electron chi connectivity index (χ1n) is 12.2. The maximum Gasteiger partial charge on any atom is 0.427 e. The number of alkyl halides is 3. The molecule has 200 valence electrons. The Bertz CT molecular complexity index is 1120. The highest BCUT2D eigenvalue weighted by Gasteiger charge is 2.51. The summed E-state index contributed by atoms with van der Waals surface area (Å²) < 4.78 is 55.3. The number of rotatable bonds is 8. The minimum absolute atomic E-state index is 0.00347. The third kappa shape index (κ3) is 6.47. The molecule has 0 aromatic heterocycles. The van der Waals surface area contributed by atoms with Crippen LogP contribution in [0.2, 0.25) is 0 Å². The molecule has 1 N–H and O–H groups in total. The molecule has 2 aliphatic rings. The van der Waals surface area contributed by atoms with E-state index < -0.39 is 17.9 Å². The summed E-state index contributed by atoms with van der Waals surface area (Å²) in [4.78, 5) is 26.5. The van der Waals surface area contributed by atoms with Crippen LogP contribution in [0, 0.1) is 11.8 Å². The molecule has 0 saturated heterocycles. The van der Waals surface area contributed by atoms with Crippen LogP contribution >= 0.6 is 0 Å². The molecule has 2 aromatic carbocycles. The minimum Gasteiger partial charge on any atom is -0.486 e. The van der Waals surface area contributed by atoms with Crippen molar-refractivity contribution in [2.75, 3.05) is 23.9 Å². The monoisotopic (exact) mass is 520 g/mol. The van der Waals surface area contributed by atoms with E-state index in [1.807, 2.05) is 30.3 Å². The number of halogens is 3. The fourth-order valence-electron chi connectivity index (χ4n) is 4.47. The Morgan fingerprint density at radius 2 is 1.84 bits per heavy atom. The van der Waals surface area contributed by atoms with Gasteiger partial charge in [0.05, 0.1) is 25.8 Å². The molecule has 1 saturated carbocycles. The summed E-state index contributed by atoms with van der Waals surface area (Å²) in [5, 5.41) is 2.40. The maximum absolute atomic E-state index is 13.1. The number of anilines is 2. The first-order chi connectivity index (χ1) is 17.5. The summed E-state index contributed by atoms with van der Waals surface area (Å²) in [7, 11) is 1.38. The highest BCUT2D eigenvalue weighted by Crippen LogP contribution is 2.45. The van der Waals surface area contributed by atoms with E-state index in [9.17, 15) is 22.8 Å². The van der Waals surface area contributed by atoms with E-state index in [4.69, 9.17) is 9.47 Å². The van der Waals surface area contributed by atoms with Gasteiger partial charge in [0, 0.05) is 18.2 Å². The number of nitrogens with one attached hydrogen (secondary N) is 1. The van der Waals surface area contributed by atoms with Crippen molar-refractivity contribution in [2.24, 2.45) is 11.8 Å². The molecular formula is C27H31F3N2O5. The number of fused-ring (bicyclic) bond motifs is 1. The molecule has 0 spiro atoms. The van der Waals surface area contributed by atoms with Crippen molar-refractivity contribution in [2.45, 2.75) is 57.5 Å². The first kappa shape index (κ1) is 26.6. The number of ether oxygens (including phenoxy) is 3. The van der Waals surface area contributed by atoms with Gasteiger partial charge in [0.2, 0.25) is 5.60 Å². The molecular weight excluding hydrogens is 489 g/mol. The van der Waals surface area contributed by atoms with E-state index in [-0.39, 0.29) is 30.1 Å². The van der Waals surface area contributed by atoms with Crippen molar-refractivity contribution in [3.8, 4) is 5.75 Å². The first-order valence-corrected chi connectivity index (χ1v) is 12.2. The van der Waals surface area contributed by atoms with Crippen LogP contribution in [0.15, 0.2) is 48.5 Å². The number of nitrogens with zero attached hydrogens (tertiary/aromatic N) is 1. The summed E-state index contributed by atoms with van der Waals surface area (Å²) in [6.45, 7) is 2.62. The van der Waals surface area contributed by atoms with Gasteiger partial charge < -0.3 is 19.1 Å². The normalized spacial score (nSPS) is 18.3. The predicted octanol–water partition coefficient (Wildman–Crippen LogP) is 5.93. The number of hydrogen-bond acceptors (Lipinski definition) is 6. The van der Waals surface area contributed by atoms with E-state index in [1.165, 1.54) is 7.11 Å². The Kier molecular flexibility index (Phi) is 7.57. The SMILES string of the molecule is COC(=O)C[C@H](C1CC1)[C@H]1CN(Cc2ccccc2)c2cc(NC(=O)OC(C)(C)C(F)(F)F)ccc2O1. The van der Waals surface area contributed by atoms with Gasteiger partial charge in [-0.15, -0.1) is 0 Å². The fraction of sp³-hybridized carbons (Fsp3) is 0.481. The quantitative estimate of drug-likeness (QED) is 0.435. The Labute approximate surface area is 213 Å². The molecule has 1 aliphatic carbocycles. The lowest BCUT2D eigenvalue weighted by Gasteiger charge is -2.40. The lowest BCUT2D eigenvalue weighted by atomic mass is 9.91. The summed E-state index contributed by atoms with van der Waals surface area (Å²) in [6.07, 6.45) is -3.84. The molecule has 37 heavy (non-hydrogen) atoms. The van der Waals surface area contributed by atoms with Gasteiger partial charge in [-0.25, -0.2) is 4.79 Å². The fourth-order valence-corrected chi connectivity index (χ4v) is 4.47. The topological polar surface area (TPSA) is 77.1 Å². The molecule has 10 heteroatoms. The lowest BCUT2D eigenvalue weighted by molar-refractivity contribution is -0.242. The van der Waals surface area contributed by atoms with Crippen molar-refractivity contribution in [3.63, 3.8) is 0 Å². The second kappa shape index (κ2) is 10.5. The minimum atomic E-state index is -4.71. The van der Waals surface area contributed by atoms with Crippen molar-refractivity contribution >= 4 is 23.4 Å². The Hall–Kier alpha value is -3.43. The highest BCUT2D eigenvalue weighted by atomic mass is 19.4. The summed E-state index contributed by atoms with van der Waals surface area (Å²) in [5.41, 5.74) is -0.635. The van der Waals surface area contributed by atoms with Crippen LogP contribution in [0.25, 0.3) is 0 Å². The van der Waals surface area contributed by atoms with Gasteiger partial charge in [-0.1, -0.05) is 30.3 Å². The molecule has 2 atom stereocenters. The van der Waals surface area contributed by atoms with E-state index in [0.29, 0.717) is 30.4 Å². The Balaban J connectivity index is 1.58. The van der Waals surface area contributed by atoms with Crippen LogP contribution in [-0.2, 0) is 20.8 Å². The van der Waals surface area contributed by atoms with Gasteiger partial charge in [0.25, 0.3) is 0 Å². The molecule has 0 unspecified atom stereocenters. The number of benzene rings is 2. The number of carbonyl (C=O) groups excluding carboxylic acids is 2. The van der Waals surface area contributed by atoms with Gasteiger partial charge in [0.1, 0.15) is 11.9 Å². The second-order valence-electron chi connectivity index (χ2n) is 10.0. The number of hydrogen-bond donors (Lipinski definition) is 1. The number of carbonyl (C=O) groups is 2. The number of methoxy groups -OCH3 is 1. The summed E-state index contributed by atoms with van der Waals surface area (Å²) >= 11 is 0. The van der Waals surface area contributed by atoms with Crippen molar-refractivity contribution in [1.29, 1.82) is 0 Å². The molecule has 0 bridgehead atoms. The largest absolute Gasteiger partial charge is 0.486 e. The molecule has 1 aliphatic heterocycles. The lowest BCUT2D eigenvalue weighted by Crippen LogP contribution is -2.45. The Morgan fingerprint density at radius 1 is 1.14 bits per heavy atom. The van der Waals surface area contributed by atoms with Crippen molar-refractivity contribution < 1.29 is 37.0 Å².